The van der Waals surface area contributed by atoms with E-state index in [-0.39, 0.29) is 24.1 Å². The summed E-state index contributed by atoms with van der Waals surface area (Å²) in [4.78, 5) is 22.9. The van der Waals surface area contributed by atoms with Crippen LogP contribution in [0.15, 0.2) is 48.7 Å². The van der Waals surface area contributed by atoms with Gasteiger partial charge in [0.15, 0.2) is 17.8 Å². The van der Waals surface area contributed by atoms with Gasteiger partial charge in [0.25, 0.3) is 0 Å². The molecule has 1 aliphatic rings. The number of hydrogen-bond acceptors (Lipinski definition) is 7. The van der Waals surface area contributed by atoms with Gasteiger partial charge in [0, 0.05) is 29.7 Å². The second-order valence-corrected chi connectivity index (χ2v) is 7.41. The van der Waals surface area contributed by atoms with Crippen LogP contribution in [0.1, 0.15) is 12.5 Å². The van der Waals surface area contributed by atoms with Gasteiger partial charge in [-0.05, 0) is 42.3 Å². The SMILES string of the molecule is CCc1cc(N2C(=O)N(c3ccc(F)c(OC(F)(F)F)c3)CC2O)ccc1Oc1ccnc(N)n1. The topological polar surface area (TPSA) is 114 Å². The molecule has 35 heavy (non-hydrogen) atoms. The number of anilines is 3. The number of hydrogen-bond donors (Lipinski definition) is 2. The van der Waals surface area contributed by atoms with E-state index < -0.39 is 30.2 Å². The fraction of sp³-hybridized carbons (Fsp3) is 0.227. The van der Waals surface area contributed by atoms with Gasteiger partial charge in [-0.3, -0.25) is 9.80 Å². The number of aryl methyl sites for hydroxylation is 1. The number of β-amino-alcohol motifs (C(OH)–C–C–N with tert-alkyl or cyclic N) is 1. The molecule has 2 amide bonds. The number of nitrogens with zero attached hydrogens (tertiary/aromatic N) is 4. The van der Waals surface area contributed by atoms with Crippen molar-refractivity contribution in [3.8, 4) is 17.4 Å². The molecule has 1 aromatic heterocycles. The summed E-state index contributed by atoms with van der Waals surface area (Å²) in [6, 6.07) is 8.17. The molecule has 1 aliphatic heterocycles. The lowest BCUT2D eigenvalue weighted by molar-refractivity contribution is -0.275. The zero-order valence-electron chi connectivity index (χ0n) is 18.2. The molecule has 0 bridgehead atoms. The minimum atomic E-state index is -5.11. The minimum Gasteiger partial charge on any atom is -0.439 e. The smallest absolute Gasteiger partial charge is 0.439 e. The van der Waals surface area contributed by atoms with Crippen molar-refractivity contribution in [2.75, 3.05) is 22.1 Å². The Morgan fingerprint density at radius 1 is 1.14 bits per heavy atom. The number of carbonyl (C=O) groups is 1. The number of amides is 2. The molecular weight excluding hydrogens is 474 g/mol. The maximum Gasteiger partial charge on any atom is 0.573 e. The zero-order chi connectivity index (χ0) is 25.3. The molecule has 3 N–H and O–H groups in total. The highest BCUT2D eigenvalue weighted by Gasteiger charge is 2.39. The van der Waals surface area contributed by atoms with Gasteiger partial charge in [-0.1, -0.05) is 6.92 Å². The molecule has 0 aliphatic carbocycles. The van der Waals surface area contributed by atoms with Gasteiger partial charge in [0.05, 0.1) is 6.54 Å². The largest absolute Gasteiger partial charge is 0.573 e. The number of urea groups is 1. The van der Waals surface area contributed by atoms with Crippen LogP contribution in [-0.4, -0.2) is 40.2 Å². The van der Waals surface area contributed by atoms with E-state index in [1.807, 2.05) is 6.92 Å². The molecular formula is C22H19F4N5O4. The summed E-state index contributed by atoms with van der Waals surface area (Å²) < 4.78 is 60.9. The number of alkyl halides is 3. The maximum absolute atomic E-state index is 13.8. The van der Waals surface area contributed by atoms with E-state index in [4.69, 9.17) is 10.5 Å². The molecule has 9 nitrogen and oxygen atoms in total. The first-order chi connectivity index (χ1) is 16.6. The molecule has 2 heterocycles. The number of ether oxygens (including phenoxy) is 2. The lowest BCUT2D eigenvalue weighted by atomic mass is 10.1. The van der Waals surface area contributed by atoms with Crippen molar-refractivity contribution < 1.29 is 36.9 Å². The number of benzene rings is 2. The average Bonchev–Trinajstić information content (AvgIpc) is 3.08. The Bertz CT molecular complexity index is 1260. The van der Waals surface area contributed by atoms with E-state index >= 15 is 0 Å². The van der Waals surface area contributed by atoms with Crippen LogP contribution in [0.3, 0.4) is 0 Å². The van der Waals surface area contributed by atoms with Crippen molar-refractivity contribution in [1.82, 2.24) is 9.97 Å². The third-order valence-corrected chi connectivity index (χ3v) is 5.10. The van der Waals surface area contributed by atoms with Crippen molar-refractivity contribution in [1.29, 1.82) is 0 Å². The van der Waals surface area contributed by atoms with Crippen molar-refractivity contribution >= 4 is 23.4 Å². The molecule has 4 rings (SSSR count). The first-order valence-corrected chi connectivity index (χ1v) is 10.3. The van der Waals surface area contributed by atoms with Crippen LogP contribution in [0, 0.1) is 5.82 Å². The number of nitrogens with two attached hydrogens (primary N) is 1. The van der Waals surface area contributed by atoms with E-state index in [9.17, 15) is 27.5 Å². The van der Waals surface area contributed by atoms with Crippen LogP contribution >= 0.6 is 0 Å². The maximum atomic E-state index is 13.8. The molecule has 0 radical (unpaired) electrons. The van der Waals surface area contributed by atoms with Crippen molar-refractivity contribution in [3.05, 3.63) is 60.0 Å². The van der Waals surface area contributed by atoms with Crippen molar-refractivity contribution in [2.45, 2.75) is 25.9 Å². The number of aliphatic hydroxyl groups is 1. The molecule has 0 spiro atoms. The highest BCUT2D eigenvalue weighted by atomic mass is 19.4. The molecule has 13 heteroatoms. The first-order valence-electron chi connectivity index (χ1n) is 10.3. The van der Waals surface area contributed by atoms with E-state index in [1.165, 1.54) is 18.3 Å². The van der Waals surface area contributed by atoms with E-state index in [1.54, 1.807) is 12.1 Å². The summed E-state index contributed by atoms with van der Waals surface area (Å²) in [7, 11) is 0. The Morgan fingerprint density at radius 3 is 2.57 bits per heavy atom. The van der Waals surface area contributed by atoms with Crippen molar-refractivity contribution in [2.24, 2.45) is 0 Å². The lowest BCUT2D eigenvalue weighted by Crippen LogP contribution is -2.35. The number of nitrogen functional groups attached to an aromatic ring is 1. The number of halogens is 4. The summed E-state index contributed by atoms with van der Waals surface area (Å²) in [5.74, 6) is -1.64. The zero-order valence-corrected chi connectivity index (χ0v) is 18.2. The molecule has 1 atom stereocenters. The Labute approximate surface area is 196 Å². The second kappa shape index (κ2) is 9.25. The first kappa shape index (κ1) is 24.0. The van der Waals surface area contributed by atoms with Crippen molar-refractivity contribution in [3.63, 3.8) is 0 Å². The summed E-state index contributed by atoms with van der Waals surface area (Å²) >= 11 is 0. The lowest BCUT2D eigenvalue weighted by Gasteiger charge is -2.22. The second-order valence-electron chi connectivity index (χ2n) is 7.41. The van der Waals surface area contributed by atoms with Gasteiger partial charge < -0.3 is 20.3 Å². The van der Waals surface area contributed by atoms with E-state index in [0.717, 1.165) is 28.0 Å². The molecule has 1 unspecified atom stereocenters. The number of aliphatic hydroxyl groups excluding tert-OH is 1. The summed E-state index contributed by atoms with van der Waals surface area (Å²) in [6.07, 6.45) is -4.50. The van der Waals surface area contributed by atoms with Crippen LogP contribution in [0.4, 0.5) is 39.7 Å². The monoisotopic (exact) mass is 493 g/mol. The van der Waals surface area contributed by atoms with Crippen LogP contribution in [0.25, 0.3) is 0 Å². The summed E-state index contributed by atoms with van der Waals surface area (Å²) in [5, 5.41) is 10.6. The number of aromatic nitrogens is 2. The molecule has 2 aromatic carbocycles. The molecule has 1 saturated heterocycles. The Hall–Kier alpha value is -4.13. The normalized spacial score (nSPS) is 16.1. The highest BCUT2D eigenvalue weighted by molar-refractivity contribution is 6.06. The standard InChI is InChI=1S/C22H19F4N5O4/c1-2-12-9-14(4-6-16(12)34-18-7-8-28-20(27)29-18)31-19(32)11-30(21(31)33)13-3-5-15(23)17(10-13)35-22(24,25)26/h3-10,19,32H,2,11H2,1H3,(H2,27,28,29). The predicted octanol–water partition coefficient (Wildman–Crippen LogP) is 4.22. The Morgan fingerprint density at radius 2 is 1.89 bits per heavy atom. The highest BCUT2D eigenvalue weighted by Crippen LogP contribution is 2.35. The van der Waals surface area contributed by atoms with E-state index in [2.05, 4.69) is 14.7 Å². The van der Waals surface area contributed by atoms with Gasteiger partial charge in [0.2, 0.25) is 11.8 Å². The third-order valence-electron chi connectivity index (χ3n) is 5.10. The molecule has 184 valence electrons. The van der Waals surface area contributed by atoms with Crippen LogP contribution in [0.2, 0.25) is 0 Å². The molecule has 3 aromatic rings. The Kier molecular flexibility index (Phi) is 6.35. The van der Waals surface area contributed by atoms with E-state index in [0.29, 0.717) is 23.4 Å². The van der Waals surface area contributed by atoms with Gasteiger partial charge in [-0.2, -0.15) is 4.98 Å². The summed E-state index contributed by atoms with van der Waals surface area (Å²) in [6.45, 7) is 1.59. The van der Waals surface area contributed by atoms with Crippen LogP contribution in [0.5, 0.6) is 17.4 Å². The van der Waals surface area contributed by atoms with Crippen LogP contribution < -0.4 is 25.0 Å². The fourth-order valence-corrected chi connectivity index (χ4v) is 3.56. The van der Waals surface area contributed by atoms with Crippen LogP contribution in [-0.2, 0) is 6.42 Å². The van der Waals surface area contributed by atoms with Gasteiger partial charge in [-0.25, -0.2) is 14.2 Å². The molecule has 0 saturated carbocycles. The number of rotatable bonds is 6. The van der Waals surface area contributed by atoms with Gasteiger partial charge in [-0.15, -0.1) is 13.2 Å². The van der Waals surface area contributed by atoms with Gasteiger partial charge in [0.1, 0.15) is 5.75 Å². The average molecular weight is 493 g/mol. The summed E-state index contributed by atoms with van der Waals surface area (Å²) in [5.41, 5.74) is 6.50. The number of carbonyl (C=O) groups excluding carboxylic acids is 1. The fourth-order valence-electron chi connectivity index (χ4n) is 3.56. The Balaban J connectivity index is 1.59. The predicted molar refractivity (Wildman–Crippen MR) is 117 cm³/mol. The quantitative estimate of drug-likeness (QED) is 0.495. The molecule has 1 fully saturated rings. The third kappa shape index (κ3) is 5.19. The minimum absolute atomic E-state index is 0.0348. The van der Waals surface area contributed by atoms with Gasteiger partial charge >= 0.3 is 12.4 Å².